The Hall–Kier alpha value is -7.18. The average Bonchev–Trinajstić information content (AvgIpc) is 1.75. The molecule has 0 unspecified atom stereocenters. The second kappa shape index (κ2) is 35.7. The van der Waals surface area contributed by atoms with Crippen LogP contribution < -0.4 is 5.32 Å². The number of aromatic amines is 1. The molecule has 1 saturated heterocycles. The molecular formula is C70H113FN10O14. The number of aliphatic hydroxyl groups is 1. The fourth-order valence-electron chi connectivity index (χ4n) is 12.8. The molecule has 2 aromatic rings. The maximum atomic E-state index is 15.5. The summed E-state index contributed by atoms with van der Waals surface area (Å²) in [5.74, 6) is -14.7. The van der Waals surface area contributed by atoms with Gasteiger partial charge in [0.15, 0.2) is 17.3 Å². The third-order valence-corrected chi connectivity index (χ3v) is 18.7. The van der Waals surface area contributed by atoms with E-state index < -0.39 is 179 Å². The second-order valence-electron chi connectivity index (χ2n) is 29.3. The van der Waals surface area contributed by atoms with E-state index in [1.54, 1.807) is 41.5 Å². The molecule has 8 amide bonds. The molecule has 2 heterocycles. The minimum Gasteiger partial charge on any atom is -0.478 e. The second-order valence-corrected chi connectivity index (χ2v) is 29.3. The van der Waals surface area contributed by atoms with Gasteiger partial charge in [-0.05, 0) is 92.6 Å². The summed E-state index contributed by atoms with van der Waals surface area (Å²) in [6.45, 7) is 27.5. The topological polar surface area (TPSA) is 309 Å². The lowest BCUT2D eigenvalue weighted by Gasteiger charge is -2.41. The molecule has 534 valence electrons. The molecule has 0 aliphatic carbocycles. The van der Waals surface area contributed by atoms with Crippen molar-refractivity contribution in [3.05, 3.63) is 29.3 Å². The van der Waals surface area contributed by atoms with Crippen molar-refractivity contribution in [2.45, 2.75) is 217 Å². The van der Waals surface area contributed by atoms with E-state index in [2.05, 4.69) is 15.3 Å². The van der Waals surface area contributed by atoms with Crippen LogP contribution in [-0.2, 0) is 59.2 Å². The minimum absolute atomic E-state index is 0.0396. The van der Waals surface area contributed by atoms with Gasteiger partial charge in [-0.15, -0.1) is 0 Å². The number of carboxylic acids is 1. The maximum Gasteiger partial charge on any atom is 0.338 e. The summed E-state index contributed by atoms with van der Waals surface area (Å²) < 4.78 is 14.7. The van der Waals surface area contributed by atoms with Crippen LogP contribution in [0.4, 0.5) is 4.39 Å². The molecule has 1 fully saturated rings. The number of H-pyrrole nitrogens is 1. The molecule has 1 aromatic carbocycles. The number of fused-ring (bicyclic) bond motifs is 1. The predicted octanol–water partition coefficient (Wildman–Crippen LogP) is 6.53. The van der Waals surface area contributed by atoms with Gasteiger partial charge in [0.1, 0.15) is 47.4 Å². The number of aromatic carboxylic acids is 1. The molecule has 3 rings (SSSR count). The zero-order chi connectivity index (χ0) is 72.9. The molecule has 1 aliphatic heterocycles. The van der Waals surface area contributed by atoms with Crippen LogP contribution in [0, 0.1) is 65.0 Å². The molecule has 1 aliphatic rings. The lowest BCUT2D eigenvalue weighted by molar-refractivity contribution is -0.157. The Labute approximate surface area is 562 Å². The third kappa shape index (κ3) is 21.4. The molecule has 0 spiro atoms. The molecule has 4 N–H and O–H groups in total. The fourth-order valence-corrected chi connectivity index (χ4v) is 12.8. The van der Waals surface area contributed by atoms with Gasteiger partial charge >= 0.3 is 5.97 Å². The number of hydrogen-bond acceptors (Lipinski definition) is 14. The van der Waals surface area contributed by atoms with Crippen molar-refractivity contribution in [2.75, 3.05) is 55.9 Å². The highest BCUT2D eigenvalue weighted by atomic mass is 19.1. The van der Waals surface area contributed by atoms with Crippen LogP contribution in [0.1, 0.15) is 178 Å². The van der Waals surface area contributed by atoms with Crippen LogP contribution >= 0.6 is 0 Å². The fraction of sp³-hybridized carbons (Fsp3) is 0.729. The smallest absolute Gasteiger partial charge is 0.338 e. The summed E-state index contributed by atoms with van der Waals surface area (Å²) >= 11 is 0. The van der Waals surface area contributed by atoms with Crippen molar-refractivity contribution in [3.8, 4) is 0 Å². The quantitative estimate of drug-likeness (QED) is 0.139. The summed E-state index contributed by atoms with van der Waals surface area (Å²) in [5, 5.41) is 25.2. The Morgan fingerprint density at radius 3 is 1.52 bits per heavy atom. The number of imidazole rings is 1. The predicted molar refractivity (Wildman–Crippen MR) is 359 cm³/mol. The highest BCUT2D eigenvalue weighted by molar-refractivity contribution is 6.02. The zero-order valence-corrected chi connectivity index (χ0v) is 60.9. The number of benzene rings is 1. The van der Waals surface area contributed by atoms with Crippen molar-refractivity contribution in [3.63, 3.8) is 0 Å². The number of ketones is 3. The number of halogens is 1. The van der Waals surface area contributed by atoms with Gasteiger partial charge < -0.3 is 54.8 Å². The molecule has 1 aromatic heterocycles. The number of amides is 8. The number of likely N-dealkylation sites (N-methyl/N-ethyl adjacent to an activating group) is 7. The molecule has 24 nitrogen and oxygen atoms in total. The van der Waals surface area contributed by atoms with Crippen molar-refractivity contribution in [1.82, 2.24) is 49.6 Å². The lowest BCUT2D eigenvalue weighted by atomic mass is 9.84. The van der Waals surface area contributed by atoms with Gasteiger partial charge in [0, 0.05) is 92.8 Å². The van der Waals surface area contributed by atoms with E-state index in [1.807, 2.05) is 55.4 Å². The number of nitrogens with one attached hydrogen (secondary N) is 2. The average molecular weight is 1340 g/mol. The van der Waals surface area contributed by atoms with Crippen LogP contribution in [0.5, 0.6) is 0 Å². The van der Waals surface area contributed by atoms with Gasteiger partial charge in [-0.2, -0.15) is 0 Å². The Morgan fingerprint density at radius 1 is 0.568 bits per heavy atom. The first-order chi connectivity index (χ1) is 43.9. The number of carbonyl (C=O) groups is 12. The summed E-state index contributed by atoms with van der Waals surface area (Å²) in [5.41, 5.74) is -0.434. The van der Waals surface area contributed by atoms with E-state index in [1.165, 1.54) is 87.7 Å². The van der Waals surface area contributed by atoms with Crippen LogP contribution in [-0.4, -0.2) is 229 Å². The summed E-state index contributed by atoms with van der Waals surface area (Å²) in [4.78, 5) is 191. The standard InChI is InChI=1S/C70H113FN10O14/c1-24-45-31-56(84)61(62(86)42(14)30-57-73-49-33-46(71)32-48(70(94)95)59(49)74-57)81(23)69(93)60(41(12)13)80(22)68(92)53(28-39(8)9)79(21)67(91)52(27-38(6)7)78(20)64(88)44(16)72-63(87)43(15)29-54(82)51(26-37(4)5)77(19)66(90)47(40(10)11)34-55(83)50(25-36(2)3)76(18)58(85)35-75(17)65(45)89/h32-33,36-45,47,50-53,60-62,86H,24-31,34-35H2,1-23H3,(H,72,87)(H,73,74)(H,94,95)/t42-,43-,44-,45-,47+,50+,51+,52+,53+,60+,61-,62-/m1/s1. The molecular weight excluding hydrogens is 1220 g/mol. The highest BCUT2D eigenvalue weighted by Gasteiger charge is 2.46. The SMILES string of the molecule is CC[C@@H]1CC(=O)[C@H]([C@H](O)[C@H](C)Cc2nc3c(C(=O)O)cc(F)cc3[nH]2)N(C)C(=O)[C@H](C(C)C)N(C)C(=O)[C@H](CC(C)C)N(C)C(=O)[C@H](CC(C)C)N(C)C(=O)[C@@H](C)NC(=O)[C@H](C)CC(=O)[C@H](CC(C)C)N(C)C(=O)[C@H](C(C)C)CC(=O)[C@H](CC(C)C)N(C)C(=O)CN(C)C1=O. The van der Waals surface area contributed by atoms with E-state index >= 15 is 19.2 Å². The first-order valence-corrected chi connectivity index (χ1v) is 33.7. The van der Waals surface area contributed by atoms with E-state index in [9.17, 15) is 53.0 Å². The van der Waals surface area contributed by atoms with Gasteiger partial charge in [-0.3, -0.25) is 52.7 Å². The summed E-state index contributed by atoms with van der Waals surface area (Å²) in [6.07, 6.45) is -2.42. The van der Waals surface area contributed by atoms with E-state index in [0.29, 0.717) is 0 Å². The van der Waals surface area contributed by atoms with E-state index in [0.717, 1.165) is 21.9 Å². The number of carbonyl (C=O) groups excluding carboxylic acids is 11. The van der Waals surface area contributed by atoms with Crippen LogP contribution in [0.15, 0.2) is 12.1 Å². The normalized spacial score (nSPS) is 25.5. The van der Waals surface area contributed by atoms with Crippen molar-refractivity contribution < 1.29 is 72.1 Å². The summed E-state index contributed by atoms with van der Waals surface area (Å²) in [7, 11) is 9.87. The molecule has 25 heteroatoms. The van der Waals surface area contributed by atoms with Gasteiger partial charge in [0.05, 0.1) is 35.8 Å². The summed E-state index contributed by atoms with van der Waals surface area (Å²) in [6, 6.07) is -6.89. The number of aliphatic hydroxyl groups excluding tert-OH is 1. The minimum atomic E-state index is -1.75. The van der Waals surface area contributed by atoms with Crippen molar-refractivity contribution in [2.24, 2.45) is 59.2 Å². The molecule has 95 heavy (non-hydrogen) atoms. The van der Waals surface area contributed by atoms with Crippen molar-refractivity contribution in [1.29, 1.82) is 0 Å². The number of rotatable bonds is 16. The number of Topliss-reactive ketones (excluding diaryl/α,β-unsaturated/α-hetero) is 3. The highest BCUT2D eigenvalue weighted by Crippen LogP contribution is 2.30. The monoisotopic (exact) mass is 1340 g/mol. The van der Waals surface area contributed by atoms with Crippen LogP contribution in [0.2, 0.25) is 0 Å². The maximum absolute atomic E-state index is 15.5. The Kier molecular flexibility index (Phi) is 30.8. The molecule has 12 atom stereocenters. The molecule has 0 saturated carbocycles. The number of carboxylic acid groups (broad SMARTS) is 1. The first kappa shape index (κ1) is 82.1. The van der Waals surface area contributed by atoms with Crippen LogP contribution in [0.3, 0.4) is 0 Å². The molecule has 0 bridgehead atoms. The third-order valence-electron chi connectivity index (χ3n) is 18.7. The van der Waals surface area contributed by atoms with E-state index in [-0.39, 0.29) is 91.9 Å². The number of aromatic nitrogens is 2. The van der Waals surface area contributed by atoms with Crippen LogP contribution in [0.25, 0.3) is 11.0 Å². The van der Waals surface area contributed by atoms with Gasteiger partial charge in [-0.25, -0.2) is 14.2 Å². The van der Waals surface area contributed by atoms with Crippen molar-refractivity contribution >= 4 is 81.6 Å². The first-order valence-electron chi connectivity index (χ1n) is 33.7. The zero-order valence-electron chi connectivity index (χ0n) is 60.9. The lowest BCUT2D eigenvalue weighted by Crippen LogP contribution is -2.62. The Bertz CT molecular complexity index is 3070. The Morgan fingerprint density at radius 2 is 1.03 bits per heavy atom. The molecule has 0 radical (unpaired) electrons. The van der Waals surface area contributed by atoms with E-state index in [4.69, 9.17) is 0 Å². The van der Waals surface area contributed by atoms with Gasteiger partial charge in [0.2, 0.25) is 47.3 Å². The largest absolute Gasteiger partial charge is 0.478 e. The Balaban J connectivity index is 2.35. The van der Waals surface area contributed by atoms with Gasteiger partial charge in [-0.1, -0.05) is 104 Å². The van der Waals surface area contributed by atoms with Gasteiger partial charge in [0.25, 0.3) is 0 Å². The number of nitrogens with zero attached hydrogens (tertiary/aromatic N) is 8. The number of hydrogen-bond donors (Lipinski definition) is 4.